The number of hydrogen-bond donors (Lipinski definition) is 2. The Balaban J connectivity index is 1.48. The molecule has 0 spiro atoms. The van der Waals surface area contributed by atoms with Gasteiger partial charge in [-0.05, 0) is 48.7 Å². The number of hydrogen-bond acceptors (Lipinski definition) is 4. The van der Waals surface area contributed by atoms with Crippen LogP contribution in [0.4, 0.5) is 5.69 Å². The summed E-state index contributed by atoms with van der Waals surface area (Å²) in [6.07, 6.45) is 2.47. The van der Waals surface area contributed by atoms with Crippen LogP contribution in [0.1, 0.15) is 31.2 Å². The van der Waals surface area contributed by atoms with E-state index in [2.05, 4.69) is 10.0 Å². The fourth-order valence-corrected chi connectivity index (χ4v) is 4.55. The van der Waals surface area contributed by atoms with Crippen molar-refractivity contribution in [1.82, 2.24) is 10.0 Å². The molecule has 9 heteroatoms. The number of benzene rings is 2. The van der Waals surface area contributed by atoms with Gasteiger partial charge >= 0.3 is 0 Å². The molecule has 0 unspecified atom stereocenters. The van der Waals surface area contributed by atoms with E-state index in [0.717, 1.165) is 24.1 Å². The summed E-state index contributed by atoms with van der Waals surface area (Å²) in [5, 5.41) is 3.10. The molecule has 1 aliphatic heterocycles. The van der Waals surface area contributed by atoms with Gasteiger partial charge in [-0.1, -0.05) is 29.8 Å². The lowest BCUT2D eigenvalue weighted by Crippen LogP contribution is -2.35. The van der Waals surface area contributed by atoms with Crippen LogP contribution in [-0.2, 0) is 26.2 Å². The summed E-state index contributed by atoms with van der Waals surface area (Å²) in [5.41, 5.74) is 1.71. The molecule has 0 radical (unpaired) electrons. The van der Waals surface area contributed by atoms with Crippen LogP contribution in [0.5, 0.6) is 0 Å². The average Bonchev–Trinajstić information content (AvgIpc) is 2.73. The number of nitrogens with one attached hydrogen (secondary N) is 2. The highest BCUT2D eigenvalue weighted by atomic mass is 35.5. The zero-order valence-electron chi connectivity index (χ0n) is 16.4. The fraction of sp³-hybridized carbons (Fsp3) is 0.333. The van der Waals surface area contributed by atoms with Crippen LogP contribution < -0.4 is 14.9 Å². The first-order valence-corrected chi connectivity index (χ1v) is 11.6. The first-order chi connectivity index (χ1) is 14.3. The molecule has 1 aliphatic rings. The zero-order chi connectivity index (χ0) is 21.6. The summed E-state index contributed by atoms with van der Waals surface area (Å²) in [7, 11) is -3.72. The Morgan fingerprint density at radius 2 is 1.90 bits per heavy atom. The van der Waals surface area contributed by atoms with Crippen LogP contribution in [0.15, 0.2) is 53.4 Å². The minimum absolute atomic E-state index is 0.00406. The molecule has 1 fully saturated rings. The van der Waals surface area contributed by atoms with Gasteiger partial charge in [0.05, 0.1) is 4.90 Å². The molecule has 2 aromatic carbocycles. The highest BCUT2D eigenvalue weighted by Crippen LogP contribution is 2.22. The molecule has 7 nitrogen and oxygen atoms in total. The molecule has 1 heterocycles. The molecule has 0 atom stereocenters. The highest BCUT2D eigenvalue weighted by molar-refractivity contribution is 7.89. The summed E-state index contributed by atoms with van der Waals surface area (Å²) in [5.74, 6) is -0.155. The lowest BCUT2D eigenvalue weighted by Gasteiger charge is -2.27. The highest BCUT2D eigenvalue weighted by Gasteiger charge is 2.19. The third kappa shape index (κ3) is 6.04. The Bertz CT molecular complexity index is 1030. The Hall–Kier alpha value is -2.42. The summed E-state index contributed by atoms with van der Waals surface area (Å²) in [6.45, 7) is 0.986. The second-order valence-corrected chi connectivity index (χ2v) is 9.26. The molecule has 160 valence electrons. The predicted octanol–water partition coefficient (Wildman–Crippen LogP) is 2.84. The Kier molecular flexibility index (Phi) is 7.47. The molecule has 2 amide bonds. The van der Waals surface area contributed by atoms with Crippen molar-refractivity contribution in [1.29, 1.82) is 0 Å². The maximum absolute atomic E-state index is 12.2. The molecule has 1 saturated heterocycles. The first-order valence-electron chi connectivity index (χ1n) is 9.76. The molecule has 3 rings (SSSR count). The normalized spacial score (nSPS) is 14.6. The van der Waals surface area contributed by atoms with Crippen molar-refractivity contribution in [2.75, 3.05) is 18.0 Å². The largest absolute Gasteiger partial charge is 0.352 e. The molecule has 30 heavy (non-hydrogen) atoms. The molecular formula is C21H24ClN3O4S. The van der Waals surface area contributed by atoms with E-state index in [9.17, 15) is 18.0 Å². The number of rotatable bonds is 8. The van der Waals surface area contributed by atoms with Crippen molar-refractivity contribution >= 4 is 39.1 Å². The van der Waals surface area contributed by atoms with E-state index in [1.807, 2.05) is 24.3 Å². The molecular weight excluding hydrogens is 426 g/mol. The monoisotopic (exact) mass is 449 g/mol. The topological polar surface area (TPSA) is 95.6 Å². The van der Waals surface area contributed by atoms with Gasteiger partial charge in [0.15, 0.2) is 0 Å². The quantitative estimate of drug-likeness (QED) is 0.647. The summed E-state index contributed by atoms with van der Waals surface area (Å²) in [4.78, 5) is 26.0. The third-order valence-electron chi connectivity index (χ3n) is 4.79. The number of amides is 2. The number of nitrogens with zero attached hydrogens (tertiary/aromatic N) is 1. The average molecular weight is 450 g/mol. The smallest absolute Gasteiger partial charge is 0.240 e. The van der Waals surface area contributed by atoms with Crippen molar-refractivity contribution < 1.29 is 18.0 Å². The standard InChI is InChI=1S/C21H24ClN3O4S/c22-17-6-4-8-19(14-17)30(28,29)24-11-10-20(26)23-15-16-5-3-7-18(13-16)25-12-2-1-9-21(25)27/h3-8,13-14,24H,1-2,9-12,15H2,(H,23,26). The number of carbonyl (C=O) groups is 2. The number of sulfonamides is 1. The van der Waals surface area contributed by atoms with Gasteiger partial charge in [0.2, 0.25) is 21.8 Å². The van der Waals surface area contributed by atoms with E-state index in [0.29, 0.717) is 24.5 Å². The minimum Gasteiger partial charge on any atom is -0.352 e. The van der Waals surface area contributed by atoms with E-state index in [1.165, 1.54) is 12.1 Å². The number of piperidine rings is 1. The van der Waals surface area contributed by atoms with Crippen LogP contribution in [0.25, 0.3) is 0 Å². The number of halogens is 1. The number of anilines is 1. The van der Waals surface area contributed by atoms with Gasteiger partial charge in [-0.2, -0.15) is 0 Å². The summed E-state index contributed by atoms with van der Waals surface area (Å²) >= 11 is 5.83. The van der Waals surface area contributed by atoms with Crippen LogP contribution in [0.2, 0.25) is 5.02 Å². The van der Waals surface area contributed by atoms with Crippen LogP contribution in [0.3, 0.4) is 0 Å². The third-order valence-corrected chi connectivity index (χ3v) is 6.48. The van der Waals surface area contributed by atoms with Crippen molar-refractivity contribution in [3.63, 3.8) is 0 Å². The van der Waals surface area contributed by atoms with Crippen molar-refractivity contribution in [3.05, 3.63) is 59.1 Å². The maximum atomic E-state index is 12.2. The second kappa shape index (κ2) is 10.1. The van der Waals surface area contributed by atoms with Crippen molar-refractivity contribution in [2.45, 2.75) is 37.1 Å². The lowest BCUT2D eigenvalue weighted by molar-refractivity contribution is -0.121. The maximum Gasteiger partial charge on any atom is 0.240 e. The summed E-state index contributed by atoms with van der Waals surface area (Å²) in [6, 6.07) is 13.4. The van der Waals surface area contributed by atoms with Gasteiger partial charge in [-0.3, -0.25) is 9.59 Å². The Labute approximate surface area is 181 Å². The van der Waals surface area contributed by atoms with E-state index in [1.54, 1.807) is 17.0 Å². The fourth-order valence-electron chi connectivity index (χ4n) is 3.22. The molecule has 0 aromatic heterocycles. The predicted molar refractivity (Wildman–Crippen MR) is 116 cm³/mol. The van der Waals surface area contributed by atoms with Gasteiger partial charge in [0.25, 0.3) is 0 Å². The molecule has 0 bridgehead atoms. The molecule has 0 aliphatic carbocycles. The molecule has 2 N–H and O–H groups in total. The SMILES string of the molecule is O=C(CCNS(=O)(=O)c1cccc(Cl)c1)NCc1cccc(N2CCCCC2=O)c1. The van der Waals surface area contributed by atoms with Gasteiger partial charge in [0.1, 0.15) is 0 Å². The van der Waals surface area contributed by atoms with Gasteiger partial charge in [-0.15, -0.1) is 0 Å². The lowest BCUT2D eigenvalue weighted by atomic mass is 10.1. The molecule has 0 saturated carbocycles. The van der Waals surface area contributed by atoms with Gasteiger partial charge in [0, 0.05) is 43.2 Å². The van der Waals surface area contributed by atoms with Crippen LogP contribution in [-0.4, -0.2) is 33.3 Å². The van der Waals surface area contributed by atoms with Crippen LogP contribution >= 0.6 is 11.6 Å². The van der Waals surface area contributed by atoms with E-state index >= 15 is 0 Å². The van der Waals surface area contributed by atoms with Crippen LogP contribution in [0, 0.1) is 0 Å². The zero-order valence-corrected chi connectivity index (χ0v) is 18.0. The Morgan fingerprint density at radius 3 is 2.67 bits per heavy atom. The first kappa shape index (κ1) is 22.3. The van der Waals surface area contributed by atoms with E-state index in [4.69, 9.17) is 11.6 Å². The van der Waals surface area contributed by atoms with Gasteiger partial charge < -0.3 is 10.2 Å². The summed E-state index contributed by atoms with van der Waals surface area (Å²) < 4.78 is 26.8. The number of carbonyl (C=O) groups excluding carboxylic acids is 2. The van der Waals surface area contributed by atoms with Crippen molar-refractivity contribution in [2.24, 2.45) is 0 Å². The van der Waals surface area contributed by atoms with E-state index in [-0.39, 0.29) is 29.7 Å². The van der Waals surface area contributed by atoms with E-state index < -0.39 is 10.0 Å². The molecule has 2 aromatic rings. The Morgan fingerprint density at radius 1 is 1.10 bits per heavy atom. The van der Waals surface area contributed by atoms with Crippen molar-refractivity contribution in [3.8, 4) is 0 Å². The van der Waals surface area contributed by atoms with Gasteiger partial charge in [-0.25, -0.2) is 13.1 Å². The minimum atomic E-state index is -3.72. The second-order valence-electron chi connectivity index (χ2n) is 7.05.